The molecule has 0 atom stereocenters. The summed E-state index contributed by atoms with van der Waals surface area (Å²) in [6.45, 7) is 0.335. The van der Waals surface area contributed by atoms with Gasteiger partial charge in [0, 0.05) is 13.1 Å². The third kappa shape index (κ3) is 5.23. The van der Waals surface area contributed by atoms with Crippen molar-refractivity contribution in [2.45, 2.75) is 18.0 Å². The lowest BCUT2D eigenvalue weighted by atomic mass is 10.2. The fourth-order valence-electron chi connectivity index (χ4n) is 2.68. The van der Waals surface area contributed by atoms with Crippen LogP contribution in [-0.4, -0.2) is 36.9 Å². The van der Waals surface area contributed by atoms with Gasteiger partial charge in [0.15, 0.2) is 0 Å². The quantitative estimate of drug-likeness (QED) is 0.505. The molecule has 0 N–H and O–H groups in total. The molecule has 7 nitrogen and oxygen atoms in total. The largest absolute Gasteiger partial charge is 0.497 e. The first-order valence-corrected chi connectivity index (χ1v) is 10.5. The number of rotatable bonds is 8. The monoisotopic (exact) mass is 433 g/mol. The smallest absolute Gasteiger partial charge is 0.246 e. The van der Waals surface area contributed by atoms with E-state index in [0.29, 0.717) is 11.5 Å². The van der Waals surface area contributed by atoms with Crippen LogP contribution in [0.2, 0.25) is 5.28 Å². The van der Waals surface area contributed by atoms with E-state index in [-0.39, 0.29) is 23.3 Å². The Bertz CT molecular complexity index is 991. The van der Waals surface area contributed by atoms with E-state index in [4.69, 9.17) is 21.1 Å². The average Bonchev–Trinajstić information content (AvgIpc) is 2.74. The topological polar surface area (TPSA) is 81.6 Å². The molecule has 0 aliphatic heterocycles. The number of hydrogen-bond acceptors (Lipinski definition) is 6. The Labute approximate surface area is 174 Å². The van der Waals surface area contributed by atoms with E-state index in [9.17, 15) is 8.42 Å². The van der Waals surface area contributed by atoms with Crippen LogP contribution in [0.3, 0.4) is 0 Å². The van der Waals surface area contributed by atoms with Crippen LogP contribution in [0.25, 0.3) is 0 Å². The Morgan fingerprint density at radius 2 is 1.24 bits per heavy atom. The Morgan fingerprint density at radius 3 is 1.62 bits per heavy atom. The Hall–Kier alpha value is -2.68. The summed E-state index contributed by atoms with van der Waals surface area (Å²) in [4.78, 5) is 7.58. The van der Waals surface area contributed by atoms with Gasteiger partial charge in [0.2, 0.25) is 15.3 Å². The van der Waals surface area contributed by atoms with Crippen molar-refractivity contribution in [1.82, 2.24) is 14.3 Å². The predicted molar refractivity (Wildman–Crippen MR) is 109 cm³/mol. The van der Waals surface area contributed by atoms with E-state index in [1.807, 2.05) is 24.3 Å². The van der Waals surface area contributed by atoms with Gasteiger partial charge in [-0.05, 0) is 47.0 Å². The second kappa shape index (κ2) is 9.21. The van der Waals surface area contributed by atoms with Gasteiger partial charge < -0.3 is 9.47 Å². The minimum atomic E-state index is -3.86. The zero-order valence-corrected chi connectivity index (χ0v) is 17.5. The van der Waals surface area contributed by atoms with Gasteiger partial charge in [-0.1, -0.05) is 24.3 Å². The van der Waals surface area contributed by atoms with Gasteiger partial charge in [-0.3, -0.25) is 0 Å². The molecule has 3 rings (SSSR count). The molecule has 0 saturated heterocycles. The molecular formula is C20H20ClN3O4S. The maximum Gasteiger partial charge on any atom is 0.246 e. The number of aromatic nitrogens is 2. The molecule has 0 spiro atoms. The number of benzene rings is 2. The molecule has 9 heteroatoms. The molecule has 0 aliphatic rings. The third-order valence-corrected chi connectivity index (χ3v) is 6.21. The number of sulfonamides is 1. The first kappa shape index (κ1) is 21.0. The highest BCUT2D eigenvalue weighted by molar-refractivity contribution is 7.89. The highest BCUT2D eigenvalue weighted by Crippen LogP contribution is 2.23. The third-order valence-electron chi connectivity index (χ3n) is 4.27. The summed E-state index contributed by atoms with van der Waals surface area (Å²) < 4.78 is 38.2. The highest BCUT2D eigenvalue weighted by atomic mass is 35.5. The number of methoxy groups -OCH3 is 2. The first-order valence-electron chi connectivity index (χ1n) is 8.66. The highest BCUT2D eigenvalue weighted by Gasteiger charge is 2.26. The lowest BCUT2D eigenvalue weighted by Gasteiger charge is -2.22. The molecule has 1 aromatic heterocycles. The molecular weight excluding hydrogens is 414 g/mol. The van der Waals surface area contributed by atoms with Gasteiger partial charge >= 0.3 is 0 Å². The van der Waals surface area contributed by atoms with Crippen LogP contribution in [0.4, 0.5) is 0 Å². The molecule has 152 valence electrons. The van der Waals surface area contributed by atoms with Crippen molar-refractivity contribution >= 4 is 21.6 Å². The normalized spacial score (nSPS) is 11.4. The summed E-state index contributed by atoms with van der Waals surface area (Å²) in [5.74, 6) is 1.40. The maximum absolute atomic E-state index is 13.3. The Kier molecular flexibility index (Phi) is 6.68. The van der Waals surface area contributed by atoms with Crippen LogP contribution in [0.5, 0.6) is 11.5 Å². The van der Waals surface area contributed by atoms with Crippen molar-refractivity contribution in [3.8, 4) is 11.5 Å². The van der Waals surface area contributed by atoms with Gasteiger partial charge in [-0.25, -0.2) is 18.4 Å². The summed E-state index contributed by atoms with van der Waals surface area (Å²) in [5, 5.41) is -0.0131. The molecule has 1 heterocycles. The number of ether oxygens (including phenoxy) is 2. The van der Waals surface area contributed by atoms with Crippen molar-refractivity contribution < 1.29 is 17.9 Å². The zero-order chi connectivity index (χ0) is 20.9. The van der Waals surface area contributed by atoms with Crippen molar-refractivity contribution in [3.05, 3.63) is 77.3 Å². The molecule has 0 radical (unpaired) electrons. The second-order valence-electron chi connectivity index (χ2n) is 6.16. The molecule has 0 bridgehead atoms. The zero-order valence-electron chi connectivity index (χ0n) is 15.9. The lowest BCUT2D eigenvalue weighted by molar-refractivity contribution is 0.397. The number of hydrogen-bond donors (Lipinski definition) is 0. The minimum Gasteiger partial charge on any atom is -0.497 e. The molecule has 0 saturated carbocycles. The van der Waals surface area contributed by atoms with Gasteiger partial charge in [-0.2, -0.15) is 4.31 Å². The van der Waals surface area contributed by atoms with Crippen LogP contribution >= 0.6 is 11.6 Å². The van der Waals surface area contributed by atoms with Gasteiger partial charge in [-0.15, -0.1) is 0 Å². The lowest BCUT2D eigenvalue weighted by Crippen LogP contribution is -2.30. The average molecular weight is 434 g/mol. The molecule has 0 amide bonds. The van der Waals surface area contributed by atoms with E-state index >= 15 is 0 Å². The van der Waals surface area contributed by atoms with Crippen molar-refractivity contribution in [2.24, 2.45) is 0 Å². The predicted octanol–water partition coefficient (Wildman–Crippen LogP) is 3.54. The standard InChI is InChI=1S/C20H20ClN3O4S/c1-27-17-7-3-15(4-8-17)13-24(14-16-5-9-18(28-2)10-6-16)29(25,26)19-11-22-20(21)23-12-19/h3-12H,13-14H2,1-2H3. The molecule has 3 aromatic rings. The van der Waals surface area contributed by atoms with Crippen molar-refractivity contribution in [2.75, 3.05) is 14.2 Å². The maximum atomic E-state index is 13.3. The molecule has 2 aromatic carbocycles. The SMILES string of the molecule is COc1ccc(CN(Cc2ccc(OC)cc2)S(=O)(=O)c2cnc(Cl)nc2)cc1. The molecule has 0 aliphatic carbocycles. The Morgan fingerprint density at radius 1 is 0.828 bits per heavy atom. The summed E-state index contributed by atoms with van der Waals surface area (Å²) in [7, 11) is -0.700. The second-order valence-corrected chi connectivity index (χ2v) is 8.43. The van der Waals surface area contributed by atoms with Crippen LogP contribution in [0.15, 0.2) is 65.8 Å². The van der Waals surface area contributed by atoms with E-state index in [2.05, 4.69) is 9.97 Å². The van der Waals surface area contributed by atoms with Gasteiger partial charge in [0.1, 0.15) is 16.4 Å². The van der Waals surface area contributed by atoms with E-state index < -0.39 is 10.0 Å². The van der Waals surface area contributed by atoms with Gasteiger partial charge in [0.05, 0.1) is 26.6 Å². The number of nitrogens with zero attached hydrogens (tertiary/aromatic N) is 3. The summed E-state index contributed by atoms with van der Waals surface area (Å²) >= 11 is 5.70. The Balaban J connectivity index is 1.93. The first-order chi connectivity index (χ1) is 13.9. The van der Waals surface area contributed by atoms with E-state index in [1.54, 1.807) is 38.5 Å². The van der Waals surface area contributed by atoms with E-state index in [1.165, 1.54) is 16.7 Å². The fourth-order valence-corrected chi connectivity index (χ4v) is 4.08. The van der Waals surface area contributed by atoms with Gasteiger partial charge in [0.25, 0.3) is 0 Å². The molecule has 0 fully saturated rings. The minimum absolute atomic E-state index is 0.0131. The summed E-state index contributed by atoms with van der Waals surface area (Å²) in [5.41, 5.74) is 1.63. The van der Waals surface area contributed by atoms with Crippen molar-refractivity contribution in [3.63, 3.8) is 0 Å². The van der Waals surface area contributed by atoms with Crippen LogP contribution in [0, 0.1) is 0 Å². The summed E-state index contributed by atoms with van der Waals surface area (Å²) in [6, 6.07) is 14.5. The molecule has 29 heavy (non-hydrogen) atoms. The van der Waals surface area contributed by atoms with Crippen LogP contribution in [-0.2, 0) is 23.1 Å². The van der Waals surface area contributed by atoms with Crippen LogP contribution in [0.1, 0.15) is 11.1 Å². The van der Waals surface area contributed by atoms with Crippen molar-refractivity contribution in [1.29, 1.82) is 0 Å². The number of halogens is 1. The fraction of sp³-hybridized carbons (Fsp3) is 0.200. The van der Waals surface area contributed by atoms with E-state index in [0.717, 1.165) is 11.1 Å². The molecule has 0 unspecified atom stereocenters. The van der Waals surface area contributed by atoms with Crippen LogP contribution < -0.4 is 9.47 Å². The summed E-state index contributed by atoms with van der Waals surface area (Å²) in [6.07, 6.45) is 2.42.